The Morgan fingerprint density at radius 2 is 2.00 bits per heavy atom. The van der Waals surface area contributed by atoms with Crippen LogP contribution in [0.1, 0.15) is 71.5 Å². The molecule has 8 heteroatoms. The highest BCUT2D eigenvalue weighted by atomic mass is 16.5. The Morgan fingerprint density at radius 1 is 1.17 bits per heavy atom. The predicted molar refractivity (Wildman–Crippen MR) is 140 cm³/mol. The van der Waals surface area contributed by atoms with Crippen LogP contribution in [-0.2, 0) is 27.4 Å². The van der Waals surface area contributed by atoms with Crippen molar-refractivity contribution in [3.8, 4) is 0 Å². The number of amides is 2. The van der Waals surface area contributed by atoms with Gasteiger partial charge in [-0.1, -0.05) is 20.8 Å². The first-order valence-corrected chi connectivity index (χ1v) is 14.1. The van der Waals surface area contributed by atoms with Crippen LogP contribution in [0.15, 0.2) is 12.4 Å². The van der Waals surface area contributed by atoms with Crippen molar-refractivity contribution in [2.75, 3.05) is 33.4 Å². The number of nitrogens with one attached hydrogen (secondary N) is 1. The monoisotopic (exact) mass is 501 g/mol. The second-order valence-electron chi connectivity index (χ2n) is 11.9. The summed E-state index contributed by atoms with van der Waals surface area (Å²) in [5.74, 6) is 3.28. The quantitative estimate of drug-likeness (QED) is 0.647. The summed E-state index contributed by atoms with van der Waals surface area (Å²) in [6.45, 7) is 11.7. The van der Waals surface area contributed by atoms with Crippen molar-refractivity contribution in [1.29, 1.82) is 0 Å². The van der Waals surface area contributed by atoms with Crippen LogP contribution in [0, 0.1) is 23.7 Å². The van der Waals surface area contributed by atoms with Gasteiger partial charge in [0.25, 0.3) is 0 Å². The van der Waals surface area contributed by atoms with Gasteiger partial charge in [0.15, 0.2) is 0 Å². The third-order valence-electron chi connectivity index (χ3n) is 8.62. The molecule has 3 aliphatic rings. The topological polar surface area (TPSA) is 79.7 Å². The second kappa shape index (κ2) is 12.5. The summed E-state index contributed by atoms with van der Waals surface area (Å²) in [7, 11) is 1.73. The maximum Gasteiger partial charge on any atom is 0.223 e. The zero-order valence-electron chi connectivity index (χ0n) is 22.8. The number of carbonyl (C=O) groups is 2. The Bertz CT molecular complexity index is 871. The van der Waals surface area contributed by atoms with Crippen molar-refractivity contribution < 1.29 is 14.3 Å². The van der Waals surface area contributed by atoms with Gasteiger partial charge in [-0.15, -0.1) is 0 Å². The van der Waals surface area contributed by atoms with Crippen molar-refractivity contribution in [2.24, 2.45) is 23.7 Å². The number of fused-ring (bicyclic) bond motifs is 4. The van der Waals surface area contributed by atoms with Crippen LogP contribution >= 0.6 is 0 Å². The Labute approximate surface area is 217 Å². The van der Waals surface area contributed by atoms with Crippen molar-refractivity contribution >= 4 is 11.8 Å². The first-order chi connectivity index (χ1) is 17.3. The third kappa shape index (κ3) is 6.88. The van der Waals surface area contributed by atoms with Gasteiger partial charge in [-0.05, 0) is 55.8 Å². The summed E-state index contributed by atoms with van der Waals surface area (Å²) in [4.78, 5) is 35.7. The van der Waals surface area contributed by atoms with E-state index in [1.807, 2.05) is 12.4 Å². The van der Waals surface area contributed by atoms with Gasteiger partial charge in [-0.3, -0.25) is 14.5 Å². The Morgan fingerprint density at radius 3 is 2.78 bits per heavy atom. The van der Waals surface area contributed by atoms with Gasteiger partial charge < -0.3 is 19.5 Å². The van der Waals surface area contributed by atoms with Crippen molar-refractivity contribution in [2.45, 2.75) is 90.9 Å². The van der Waals surface area contributed by atoms with E-state index in [-0.39, 0.29) is 18.0 Å². The van der Waals surface area contributed by atoms with Crippen LogP contribution in [0.2, 0.25) is 0 Å². The van der Waals surface area contributed by atoms with Crippen molar-refractivity contribution in [1.82, 2.24) is 24.7 Å². The second-order valence-corrected chi connectivity index (χ2v) is 11.9. The van der Waals surface area contributed by atoms with Crippen LogP contribution in [0.4, 0.5) is 0 Å². The summed E-state index contributed by atoms with van der Waals surface area (Å²) in [6.07, 6.45) is 9.93. The number of hydrogen-bond donors (Lipinski definition) is 1. The highest BCUT2D eigenvalue weighted by Gasteiger charge is 2.42. The summed E-state index contributed by atoms with van der Waals surface area (Å²) >= 11 is 0. The van der Waals surface area contributed by atoms with Gasteiger partial charge in [-0.2, -0.15) is 0 Å². The molecule has 3 fully saturated rings. The zero-order chi connectivity index (χ0) is 25.7. The van der Waals surface area contributed by atoms with Gasteiger partial charge in [0.1, 0.15) is 5.82 Å². The number of methoxy groups -OCH3 is 1. The van der Waals surface area contributed by atoms with E-state index in [2.05, 4.69) is 45.4 Å². The van der Waals surface area contributed by atoms with Crippen molar-refractivity contribution in [3.05, 3.63) is 18.2 Å². The summed E-state index contributed by atoms with van der Waals surface area (Å²) in [5.41, 5.74) is 0. The number of likely N-dealkylation sites (tertiary alicyclic amines) is 1. The fraction of sp³-hybridized carbons (Fsp3) is 0.821. The molecule has 0 aliphatic carbocycles. The number of aromatic nitrogens is 2. The summed E-state index contributed by atoms with van der Waals surface area (Å²) < 4.78 is 7.45. The van der Waals surface area contributed by atoms with Gasteiger partial charge >= 0.3 is 0 Å². The van der Waals surface area contributed by atoms with Gasteiger partial charge in [-0.25, -0.2) is 4.98 Å². The number of ether oxygens (including phenoxy) is 1. The first-order valence-electron chi connectivity index (χ1n) is 14.1. The Hall–Kier alpha value is -1.93. The van der Waals surface area contributed by atoms with Crippen molar-refractivity contribution in [3.63, 3.8) is 0 Å². The maximum absolute atomic E-state index is 13.6. The molecule has 3 aliphatic heterocycles. The van der Waals surface area contributed by atoms with E-state index in [1.165, 1.54) is 6.42 Å². The van der Waals surface area contributed by atoms with Crippen LogP contribution in [0.3, 0.4) is 0 Å². The Balaban J connectivity index is 1.45. The van der Waals surface area contributed by atoms with E-state index in [1.54, 1.807) is 7.11 Å². The fourth-order valence-corrected chi connectivity index (χ4v) is 6.62. The van der Waals surface area contributed by atoms with E-state index >= 15 is 0 Å². The molecule has 4 rings (SSSR count). The van der Waals surface area contributed by atoms with E-state index in [0.29, 0.717) is 49.0 Å². The highest BCUT2D eigenvalue weighted by molar-refractivity contribution is 5.77. The molecule has 0 unspecified atom stereocenters. The average molecular weight is 502 g/mol. The molecule has 3 saturated heterocycles. The highest BCUT2D eigenvalue weighted by Crippen LogP contribution is 2.37. The smallest absolute Gasteiger partial charge is 0.223 e. The molecule has 8 nitrogen and oxygen atoms in total. The summed E-state index contributed by atoms with van der Waals surface area (Å²) in [5, 5.41) is 3.29. The molecule has 2 amide bonds. The van der Waals surface area contributed by atoms with E-state index in [9.17, 15) is 9.59 Å². The molecule has 0 radical (unpaired) electrons. The van der Waals surface area contributed by atoms with Gasteiger partial charge in [0.2, 0.25) is 11.8 Å². The van der Waals surface area contributed by atoms with E-state index < -0.39 is 0 Å². The number of hydrogen-bond acceptors (Lipinski definition) is 5. The molecule has 4 heterocycles. The number of imidazole rings is 1. The lowest BCUT2D eigenvalue weighted by Crippen LogP contribution is -2.59. The summed E-state index contributed by atoms with van der Waals surface area (Å²) in [6, 6.07) is 0.425. The lowest BCUT2D eigenvalue weighted by molar-refractivity contribution is -0.142. The molecule has 36 heavy (non-hydrogen) atoms. The molecule has 1 aromatic rings. The molecule has 1 aromatic heterocycles. The number of nitrogens with zero attached hydrogens (tertiary/aromatic N) is 4. The Kier molecular flexibility index (Phi) is 9.45. The molecular weight excluding hydrogens is 454 g/mol. The molecule has 0 aromatic carbocycles. The van der Waals surface area contributed by atoms with Gasteiger partial charge in [0, 0.05) is 70.6 Å². The van der Waals surface area contributed by atoms with Crippen LogP contribution in [0.5, 0.6) is 0 Å². The lowest BCUT2D eigenvalue weighted by Gasteiger charge is -2.51. The predicted octanol–water partition coefficient (Wildman–Crippen LogP) is 3.31. The van der Waals surface area contributed by atoms with E-state index in [4.69, 9.17) is 4.74 Å². The third-order valence-corrected chi connectivity index (χ3v) is 8.62. The number of rotatable bonds is 6. The number of piperidine rings is 2. The standard InChI is InChI=1S/C28H47N5O3/c1-20(2)24-9-8-21(3)14-28(35)33-17-22-15-23(25(33)6-5-7-27(34)30-24)18-31(16-22)19-26-29-10-11-32(26)12-13-36-4/h10-11,20-25H,5-9,12-19H2,1-4H3,(H,30,34)/t21-,22+,23-,24+,25+/m1/s1. The molecule has 0 spiro atoms. The zero-order valence-corrected chi connectivity index (χ0v) is 22.8. The molecule has 1 N–H and O–H groups in total. The molecular formula is C28H47N5O3. The molecule has 5 atom stereocenters. The fourth-order valence-electron chi connectivity index (χ4n) is 6.62. The largest absolute Gasteiger partial charge is 0.383 e. The minimum absolute atomic E-state index is 0.167. The average Bonchev–Trinajstić information content (AvgIpc) is 3.27. The first kappa shape index (κ1) is 27.1. The molecule has 202 valence electrons. The van der Waals surface area contributed by atoms with Crippen LogP contribution < -0.4 is 5.32 Å². The van der Waals surface area contributed by atoms with Crippen LogP contribution in [0.25, 0.3) is 0 Å². The number of carbonyl (C=O) groups excluding carboxylic acids is 2. The minimum atomic E-state index is 0.167. The minimum Gasteiger partial charge on any atom is -0.383 e. The normalized spacial score (nSPS) is 30.8. The molecule has 2 bridgehead atoms. The van der Waals surface area contributed by atoms with Gasteiger partial charge in [0.05, 0.1) is 13.2 Å². The lowest BCUT2D eigenvalue weighted by atomic mass is 9.77. The van der Waals surface area contributed by atoms with E-state index in [0.717, 1.165) is 64.2 Å². The SMILES string of the molecule is COCCn1ccnc1CN1C[C@@H]2C[C@H](C1)[C@@H]1CCCC(=O)N[C@H](C(C)C)CC[C@@H](C)CC(=O)N1C2. The molecule has 0 saturated carbocycles. The van der Waals surface area contributed by atoms with Crippen LogP contribution in [-0.4, -0.2) is 76.6 Å². The maximum atomic E-state index is 13.6.